The summed E-state index contributed by atoms with van der Waals surface area (Å²) in [4.78, 5) is 0. The Morgan fingerprint density at radius 3 is 1.02 bits per heavy atom. The fourth-order valence-electron chi connectivity index (χ4n) is 4.69. The van der Waals surface area contributed by atoms with Gasteiger partial charge in [-0.3, -0.25) is 0 Å². The lowest BCUT2D eigenvalue weighted by atomic mass is 10.0. The Bertz CT molecular complexity index is 744. The summed E-state index contributed by atoms with van der Waals surface area (Å²) in [7, 11) is 0. The summed E-state index contributed by atoms with van der Waals surface area (Å²) < 4.78 is 49.8. The van der Waals surface area contributed by atoms with Gasteiger partial charge in [-0.2, -0.15) is 0 Å². The molecule has 0 radical (unpaired) electrons. The van der Waals surface area contributed by atoms with E-state index in [2.05, 4.69) is 6.92 Å². The molecule has 0 saturated heterocycles. The van der Waals surface area contributed by atoms with E-state index in [0.29, 0.717) is 117 Å². The molecule has 1 aromatic rings. The van der Waals surface area contributed by atoms with Crippen LogP contribution in [-0.4, -0.2) is 112 Å². The van der Waals surface area contributed by atoms with Crippen LogP contribution in [0.1, 0.15) is 90.4 Å². The molecule has 0 heterocycles. The average molecular weight is 672 g/mol. The van der Waals surface area contributed by atoms with Crippen molar-refractivity contribution in [2.75, 3.05) is 118 Å². The first-order chi connectivity index (χ1) is 23.3. The molecular formula is C37H69NO9. The van der Waals surface area contributed by atoms with Gasteiger partial charge in [-0.15, -0.1) is 0 Å². The second-order valence-electron chi connectivity index (χ2n) is 11.5. The highest BCUT2D eigenvalue weighted by Gasteiger charge is 1.99. The molecule has 0 fully saturated rings. The number of nitrogens with two attached hydrogens (primary N) is 1. The molecule has 0 amide bonds. The molecule has 1 aromatic carbocycles. The normalized spacial score (nSPS) is 11.4. The lowest BCUT2D eigenvalue weighted by Crippen LogP contribution is -2.15. The molecule has 10 heteroatoms. The van der Waals surface area contributed by atoms with Gasteiger partial charge in [0.25, 0.3) is 0 Å². The molecule has 2 N–H and O–H groups in total. The molecule has 0 aliphatic carbocycles. The third-order valence-electron chi connectivity index (χ3n) is 7.40. The molecule has 0 unspecified atom stereocenters. The minimum Gasteiger partial charge on any atom is -0.489 e. The molecule has 0 saturated carbocycles. The minimum atomic E-state index is 0.446. The van der Waals surface area contributed by atoms with Crippen LogP contribution in [-0.2, 0) is 37.9 Å². The number of nitrogen functional groups attached to an aromatic ring is 1. The van der Waals surface area contributed by atoms with Gasteiger partial charge in [0.05, 0.1) is 105 Å². The van der Waals surface area contributed by atoms with Gasteiger partial charge in [-0.25, -0.2) is 0 Å². The Kier molecular flexibility index (Phi) is 34.6. The van der Waals surface area contributed by atoms with Crippen molar-refractivity contribution >= 4 is 5.69 Å². The maximum Gasteiger partial charge on any atom is 0.142 e. The summed E-state index contributed by atoms with van der Waals surface area (Å²) in [6.07, 6.45) is 17.8. The third-order valence-corrected chi connectivity index (χ3v) is 7.40. The lowest BCUT2D eigenvalue weighted by Gasteiger charge is -2.09. The van der Waals surface area contributed by atoms with Gasteiger partial charge in [-0.05, 0) is 18.6 Å². The highest BCUT2D eigenvalue weighted by molar-refractivity contribution is 5.51. The van der Waals surface area contributed by atoms with Crippen LogP contribution < -0.4 is 10.5 Å². The van der Waals surface area contributed by atoms with Crippen LogP contribution in [0.4, 0.5) is 5.69 Å². The fraction of sp³-hybridized carbons (Fsp3) is 0.838. The quantitative estimate of drug-likeness (QED) is 0.0588. The van der Waals surface area contributed by atoms with Crippen LogP contribution in [0.15, 0.2) is 24.3 Å². The van der Waals surface area contributed by atoms with E-state index in [4.69, 9.17) is 48.4 Å². The van der Waals surface area contributed by atoms with E-state index >= 15 is 0 Å². The van der Waals surface area contributed by atoms with E-state index < -0.39 is 0 Å². The Hall–Kier alpha value is -1.50. The van der Waals surface area contributed by atoms with Crippen LogP contribution in [0.5, 0.6) is 5.75 Å². The van der Waals surface area contributed by atoms with Gasteiger partial charge < -0.3 is 48.4 Å². The zero-order chi connectivity index (χ0) is 33.6. The van der Waals surface area contributed by atoms with Gasteiger partial charge in [0.1, 0.15) is 12.4 Å². The van der Waals surface area contributed by atoms with E-state index in [1.165, 1.54) is 77.0 Å². The van der Waals surface area contributed by atoms with Crippen molar-refractivity contribution in [1.29, 1.82) is 0 Å². The Labute approximate surface area is 286 Å². The van der Waals surface area contributed by atoms with Gasteiger partial charge >= 0.3 is 0 Å². The van der Waals surface area contributed by atoms with Crippen molar-refractivity contribution in [3.05, 3.63) is 24.3 Å². The molecule has 0 aromatic heterocycles. The van der Waals surface area contributed by atoms with E-state index in [0.717, 1.165) is 13.0 Å². The highest BCUT2D eigenvalue weighted by Crippen LogP contribution is 2.19. The smallest absolute Gasteiger partial charge is 0.142 e. The van der Waals surface area contributed by atoms with Gasteiger partial charge in [0.2, 0.25) is 0 Å². The number of benzene rings is 1. The predicted octanol–water partition coefficient (Wildman–Crippen LogP) is 6.87. The van der Waals surface area contributed by atoms with Crippen LogP contribution in [0.2, 0.25) is 0 Å². The van der Waals surface area contributed by atoms with Gasteiger partial charge in [0.15, 0.2) is 0 Å². The zero-order valence-corrected chi connectivity index (χ0v) is 29.8. The molecule has 0 spiro atoms. The molecule has 0 aliphatic rings. The predicted molar refractivity (Wildman–Crippen MR) is 189 cm³/mol. The van der Waals surface area contributed by atoms with Crippen molar-refractivity contribution in [2.24, 2.45) is 0 Å². The molecule has 0 atom stereocenters. The highest BCUT2D eigenvalue weighted by atomic mass is 16.6. The topological polar surface area (TPSA) is 109 Å². The summed E-state index contributed by atoms with van der Waals surface area (Å²) in [6, 6.07) is 7.41. The Morgan fingerprint density at radius 1 is 0.362 bits per heavy atom. The first kappa shape index (κ1) is 43.5. The number of ether oxygens (including phenoxy) is 9. The van der Waals surface area contributed by atoms with Gasteiger partial charge in [-0.1, -0.05) is 96.1 Å². The number of unbranched alkanes of at least 4 members (excludes halogenated alkanes) is 12. The van der Waals surface area contributed by atoms with E-state index in [1.54, 1.807) is 0 Å². The summed E-state index contributed by atoms with van der Waals surface area (Å²) >= 11 is 0. The Morgan fingerprint density at radius 2 is 0.660 bits per heavy atom. The SMILES string of the molecule is CCCCCCCCCCCCCCCOCCOCCOCCOCCOCCOCCOCCOCCOc1ccccc1N. The summed E-state index contributed by atoms with van der Waals surface area (Å²) in [5.41, 5.74) is 6.45. The second kappa shape index (κ2) is 37.3. The van der Waals surface area contributed by atoms with Gasteiger partial charge in [0, 0.05) is 6.61 Å². The summed E-state index contributed by atoms with van der Waals surface area (Å²) in [5.74, 6) is 0.676. The van der Waals surface area contributed by atoms with Crippen LogP contribution in [0.3, 0.4) is 0 Å². The monoisotopic (exact) mass is 671 g/mol. The largest absolute Gasteiger partial charge is 0.489 e. The minimum absolute atomic E-state index is 0.446. The van der Waals surface area contributed by atoms with Crippen molar-refractivity contribution in [3.63, 3.8) is 0 Å². The van der Waals surface area contributed by atoms with Crippen molar-refractivity contribution in [1.82, 2.24) is 0 Å². The zero-order valence-electron chi connectivity index (χ0n) is 29.8. The second-order valence-corrected chi connectivity index (χ2v) is 11.5. The van der Waals surface area contributed by atoms with E-state index in [1.807, 2.05) is 24.3 Å². The Balaban J connectivity index is 1.62. The van der Waals surface area contributed by atoms with Crippen LogP contribution >= 0.6 is 0 Å². The molecule has 0 aliphatic heterocycles. The molecule has 1 rings (SSSR count). The van der Waals surface area contributed by atoms with Crippen molar-refractivity contribution < 1.29 is 42.6 Å². The first-order valence-electron chi connectivity index (χ1n) is 18.4. The maximum atomic E-state index is 5.83. The van der Waals surface area contributed by atoms with E-state index in [-0.39, 0.29) is 0 Å². The lowest BCUT2D eigenvalue weighted by molar-refractivity contribution is -0.0236. The maximum absolute atomic E-state index is 5.83. The average Bonchev–Trinajstić information content (AvgIpc) is 3.08. The molecular weight excluding hydrogens is 602 g/mol. The van der Waals surface area contributed by atoms with Crippen molar-refractivity contribution in [2.45, 2.75) is 90.4 Å². The number of para-hydroxylation sites is 2. The van der Waals surface area contributed by atoms with Crippen LogP contribution in [0.25, 0.3) is 0 Å². The number of hydrogen-bond acceptors (Lipinski definition) is 10. The van der Waals surface area contributed by atoms with Crippen molar-refractivity contribution in [3.8, 4) is 5.75 Å². The first-order valence-corrected chi connectivity index (χ1v) is 18.4. The summed E-state index contributed by atoms with van der Waals surface area (Å²) in [5, 5.41) is 0. The summed E-state index contributed by atoms with van der Waals surface area (Å²) in [6.45, 7) is 11.7. The molecule has 47 heavy (non-hydrogen) atoms. The molecule has 10 nitrogen and oxygen atoms in total. The molecule has 276 valence electrons. The number of hydrogen-bond donors (Lipinski definition) is 1. The number of anilines is 1. The number of rotatable bonds is 39. The van der Waals surface area contributed by atoms with E-state index in [9.17, 15) is 0 Å². The third kappa shape index (κ3) is 32.8. The standard InChI is InChI=1S/C37H69NO9/c1-2-3-4-5-6-7-8-9-10-11-12-13-16-19-39-20-21-40-22-23-41-24-25-42-26-27-43-28-29-44-30-31-45-32-33-46-34-35-47-37-18-15-14-17-36(37)38/h14-15,17-18H,2-13,16,19-35,38H2,1H3. The molecule has 0 bridgehead atoms. The fourth-order valence-corrected chi connectivity index (χ4v) is 4.69. The van der Waals surface area contributed by atoms with Crippen LogP contribution in [0, 0.1) is 0 Å².